The number of nitrogens with one attached hydrogen (secondary N) is 2. The van der Waals surface area contributed by atoms with Crippen molar-refractivity contribution in [3.05, 3.63) is 86.8 Å². The van der Waals surface area contributed by atoms with Gasteiger partial charge in [0.25, 0.3) is 5.69 Å². The minimum Gasteiger partial charge on any atom is -0.308 e. The third-order valence-electron chi connectivity index (χ3n) is 5.67. The quantitative estimate of drug-likeness (QED) is 0.220. The Hall–Kier alpha value is -3.98. The van der Waals surface area contributed by atoms with Crippen LogP contribution < -0.4 is 10.6 Å². The molecule has 0 unspecified atom stereocenters. The van der Waals surface area contributed by atoms with Gasteiger partial charge in [0.05, 0.1) is 23.4 Å². The summed E-state index contributed by atoms with van der Waals surface area (Å²) < 4.78 is 2.04. The van der Waals surface area contributed by atoms with Gasteiger partial charge in [-0.3, -0.25) is 10.1 Å². The highest BCUT2D eigenvalue weighted by atomic mass is 35.5. The van der Waals surface area contributed by atoms with Crippen LogP contribution in [-0.2, 0) is 13.0 Å². The number of aryl methyl sites for hydroxylation is 2. The van der Waals surface area contributed by atoms with Crippen LogP contribution in [0.2, 0.25) is 5.02 Å². The van der Waals surface area contributed by atoms with E-state index in [9.17, 15) is 14.9 Å². The summed E-state index contributed by atoms with van der Waals surface area (Å²) in [4.78, 5) is 32.6. The highest BCUT2D eigenvalue weighted by molar-refractivity contribution is 6.30. The fourth-order valence-corrected chi connectivity index (χ4v) is 3.99. The topological polar surface area (TPSA) is 115 Å². The minimum absolute atomic E-state index is 0.0520. The molecule has 2 heterocycles. The second-order valence-electron chi connectivity index (χ2n) is 8.20. The summed E-state index contributed by atoms with van der Waals surface area (Å²) in [5, 5.41) is 17.1. The van der Waals surface area contributed by atoms with Gasteiger partial charge in [-0.1, -0.05) is 43.1 Å². The lowest BCUT2D eigenvalue weighted by molar-refractivity contribution is -0.384. The number of amides is 2. The first kappa shape index (κ1) is 24.2. The minimum atomic E-state index is -0.412. The Bertz CT molecular complexity index is 1380. The van der Waals surface area contributed by atoms with Gasteiger partial charge in [-0.05, 0) is 37.1 Å². The highest BCUT2D eigenvalue weighted by Gasteiger charge is 2.17. The number of fused-ring (bicyclic) bond motifs is 1. The summed E-state index contributed by atoms with van der Waals surface area (Å²) in [7, 11) is 0. The molecular formula is C25H25ClN6O3. The normalized spacial score (nSPS) is 10.9. The molecule has 4 rings (SSSR count). The number of halogens is 1. The van der Waals surface area contributed by atoms with Crippen molar-refractivity contribution < 1.29 is 9.72 Å². The zero-order valence-electron chi connectivity index (χ0n) is 19.4. The number of unbranched alkanes of at least 4 members (excludes halogenated alkanes) is 1. The molecule has 2 aromatic heterocycles. The van der Waals surface area contributed by atoms with Crippen molar-refractivity contribution in [3.63, 3.8) is 0 Å². The second kappa shape index (κ2) is 10.5. The largest absolute Gasteiger partial charge is 0.323 e. The van der Waals surface area contributed by atoms with E-state index in [1.165, 1.54) is 12.1 Å². The maximum absolute atomic E-state index is 12.5. The van der Waals surface area contributed by atoms with Crippen LogP contribution in [0.15, 0.2) is 54.7 Å². The van der Waals surface area contributed by atoms with E-state index in [-0.39, 0.29) is 5.69 Å². The highest BCUT2D eigenvalue weighted by Crippen LogP contribution is 2.26. The van der Waals surface area contributed by atoms with Gasteiger partial charge in [0, 0.05) is 34.8 Å². The van der Waals surface area contributed by atoms with Crippen LogP contribution >= 0.6 is 11.6 Å². The van der Waals surface area contributed by atoms with Gasteiger partial charge in [0.15, 0.2) is 5.65 Å². The van der Waals surface area contributed by atoms with Gasteiger partial charge in [0.1, 0.15) is 11.3 Å². The van der Waals surface area contributed by atoms with Crippen molar-refractivity contribution in [1.82, 2.24) is 14.5 Å². The van der Waals surface area contributed by atoms with Crippen LogP contribution in [0.1, 0.15) is 36.7 Å². The van der Waals surface area contributed by atoms with Gasteiger partial charge >= 0.3 is 6.03 Å². The van der Waals surface area contributed by atoms with Crippen LogP contribution in [0.3, 0.4) is 0 Å². The number of carbonyl (C=O) groups excluding carboxylic acids is 1. The van der Waals surface area contributed by atoms with E-state index in [2.05, 4.69) is 22.5 Å². The van der Waals surface area contributed by atoms with E-state index in [0.29, 0.717) is 34.1 Å². The van der Waals surface area contributed by atoms with Crippen LogP contribution in [0.25, 0.3) is 11.2 Å². The van der Waals surface area contributed by atoms with Crippen LogP contribution in [0.5, 0.6) is 0 Å². The molecule has 2 aromatic carbocycles. The summed E-state index contributed by atoms with van der Waals surface area (Å²) >= 11 is 5.99. The van der Waals surface area contributed by atoms with Crippen molar-refractivity contribution in [1.29, 1.82) is 0 Å². The van der Waals surface area contributed by atoms with Crippen molar-refractivity contribution in [2.45, 2.75) is 39.7 Å². The Labute approximate surface area is 207 Å². The number of anilines is 2. The van der Waals surface area contributed by atoms with Crippen LogP contribution in [0.4, 0.5) is 21.9 Å². The molecule has 0 bridgehead atoms. The summed E-state index contributed by atoms with van der Waals surface area (Å²) in [5.74, 6) is 0.885. The molecule has 0 fully saturated rings. The molecule has 0 saturated heterocycles. The first-order chi connectivity index (χ1) is 16.9. The molecule has 4 aromatic rings. The smallest absolute Gasteiger partial charge is 0.308 e. The van der Waals surface area contributed by atoms with Gasteiger partial charge < -0.3 is 15.2 Å². The monoisotopic (exact) mass is 492 g/mol. The molecule has 180 valence electrons. The van der Waals surface area contributed by atoms with E-state index >= 15 is 0 Å². The second-order valence-corrected chi connectivity index (χ2v) is 8.64. The number of urea groups is 1. The zero-order chi connectivity index (χ0) is 24.9. The molecule has 2 amide bonds. The molecule has 0 saturated carbocycles. The number of nitro groups is 1. The van der Waals surface area contributed by atoms with Gasteiger partial charge in [-0.25, -0.2) is 14.8 Å². The predicted molar refractivity (Wildman–Crippen MR) is 137 cm³/mol. The molecule has 10 heteroatoms. The van der Waals surface area contributed by atoms with Crippen LogP contribution in [0, 0.1) is 17.0 Å². The van der Waals surface area contributed by atoms with Gasteiger partial charge in [0.2, 0.25) is 0 Å². The Kier molecular flexibility index (Phi) is 7.26. The molecule has 0 spiro atoms. The summed E-state index contributed by atoms with van der Waals surface area (Å²) in [6.07, 6.45) is 4.38. The molecular weight excluding hydrogens is 468 g/mol. The number of hydrogen-bond acceptors (Lipinski definition) is 5. The lowest BCUT2D eigenvalue weighted by Crippen LogP contribution is -2.20. The summed E-state index contributed by atoms with van der Waals surface area (Å²) in [6.45, 7) is 4.50. The van der Waals surface area contributed by atoms with E-state index < -0.39 is 11.0 Å². The molecule has 0 radical (unpaired) electrons. The van der Waals surface area contributed by atoms with Crippen molar-refractivity contribution >= 4 is 45.9 Å². The maximum Gasteiger partial charge on any atom is 0.323 e. The Morgan fingerprint density at radius 2 is 1.94 bits per heavy atom. The van der Waals surface area contributed by atoms with E-state index in [1.54, 1.807) is 42.6 Å². The predicted octanol–water partition coefficient (Wildman–Crippen LogP) is 6.34. The average molecular weight is 493 g/mol. The van der Waals surface area contributed by atoms with Crippen molar-refractivity contribution in [3.8, 4) is 0 Å². The number of nitro benzene ring substituents is 1. The maximum atomic E-state index is 12.5. The first-order valence-corrected chi connectivity index (χ1v) is 11.6. The summed E-state index contributed by atoms with van der Waals surface area (Å²) in [5.41, 5.74) is 4.31. The number of benzene rings is 2. The van der Waals surface area contributed by atoms with Crippen molar-refractivity contribution in [2.24, 2.45) is 0 Å². The average Bonchev–Trinajstić information content (AvgIpc) is 3.17. The van der Waals surface area contributed by atoms with Crippen molar-refractivity contribution in [2.75, 3.05) is 10.6 Å². The fraction of sp³-hybridized carbons (Fsp3) is 0.240. The first-order valence-electron chi connectivity index (χ1n) is 11.3. The Morgan fingerprint density at radius 3 is 2.63 bits per heavy atom. The number of nitrogens with zero attached hydrogens (tertiary/aromatic N) is 4. The summed E-state index contributed by atoms with van der Waals surface area (Å²) in [6, 6.07) is 13.0. The molecule has 0 aliphatic carbocycles. The van der Waals surface area contributed by atoms with Crippen LogP contribution in [-0.4, -0.2) is 25.5 Å². The third-order valence-corrected chi connectivity index (χ3v) is 5.90. The number of imidazole rings is 1. The number of non-ortho nitro benzene ring substituents is 1. The molecule has 2 N–H and O–H groups in total. The molecule has 0 aliphatic rings. The zero-order valence-corrected chi connectivity index (χ0v) is 20.2. The third kappa shape index (κ3) is 5.58. The van der Waals surface area contributed by atoms with E-state index in [0.717, 1.165) is 36.2 Å². The number of hydrogen-bond donors (Lipinski definition) is 2. The number of carbonyl (C=O) groups is 1. The fourth-order valence-electron chi connectivity index (χ4n) is 3.80. The lowest BCUT2D eigenvalue weighted by Gasteiger charge is -2.11. The lowest BCUT2D eigenvalue weighted by atomic mass is 10.2. The van der Waals surface area contributed by atoms with E-state index in [1.807, 2.05) is 11.5 Å². The molecule has 0 atom stereocenters. The van der Waals surface area contributed by atoms with Gasteiger partial charge in [-0.2, -0.15) is 0 Å². The number of rotatable bonds is 8. The number of pyridine rings is 1. The van der Waals surface area contributed by atoms with Gasteiger partial charge in [-0.15, -0.1) is 0 Å². The molecule has 35 heavy (non-hydrogen) atoms. The molecule has 9 nitrogen and oxygen atoms in total. The molecule has 0 aliphatic heterocycles. The number of aromatic nitrogens is 3. The Morgan fingerprint density at radius 1 is 1.17 bits per heavy atom. The van der Waals surface area contributed by atoms with E-state index in [4.69, 9.17) is 16.6 Å². The SMILES string of the molecule is CCCCc1nc2c(C)c(NC(=O)Nc3cccc(Cl)c3)cnc2n1Cc1ccc([N+](=O)[O-])cc1. The standard InChI is InChI=1S/C25H25ClN6O3/c1-3-4-8-22-30-23-16(2)21(29-25(33)28-19-7-5-6-18(26)13-19)14-27-24(23)31(22)15-17-9-11-20(12-10-17)32(34)35/h5-7,9-14H,3-4,8,15H2,1-2H3,(H2,28,29,33). The Balaban J connectivity index is 1.62.